The number of ether oxygens (including phenoxy) is 1. The van der Waals surface area contributed by atoms with Crippen molar-refractivity contribution < 1.29 is 9.84 Å². The highest BCUT2D eigenvalue weighted by atomic mass is 35.5. The number of aliphatic hydroxyl groups is 1. The van der Waals surface area contributed by atoms with E-state index in [2.05, 4.69) is 5.32 Å². The molecule has 3 nitrogen and oxygen atoms in total. The van der Waals surface area contributed by atoms with Crippen molar-refractivity contribution in [3.63, 3.8) is 0 Å². The molecule has 1 aromatic rings. The maximum atomic E-state index is 10.3. The molecule has 0 aliphatic carbocycles. The second-order valence-corrected chi connectivity index (χ2v) is 5.51. The van der Waals surface area contributed by atoms with Gasteiger partial charge in [-0.15, -0.1) is 0 Å². The van der Waals surface area contributed by atoms with Crippen LogP contribution in [0.2, 0.25) is 5.02 Å². The van der Waals surface area contributed by atoms with Crippen LogP contribution in [-0.4, -0.2) is 30.4 Å². The number of halogens is 1. The largest absolute Gasteiger partial charge is 0.491 e. The molecule has 0 aromatic heterocycles. The Morgan fingerprint density at radius 3 is 2.39 bits per heavy atom. The highest BCUT2D eigenvalue weighted by Gasteiger charge is 2.29. The van der Waals surface area contributed by atoms with Crippen LogP contribution in [0, 0.1) is 13.8 Å². The molecule has 1 fully saturated rings. The standard InChI is InChI=1S/C14H20ClNO2/c1-10-7-12(8-11(2)13(10)15)18-9-14(17)3-5-16-6-4-14/h7-8,16-17H,3-6,9H2,1-2H3. The summed E-state index contributed by atoms with van der Waals surface area (Å²) in [7, 11) is 0. The van der Waals surface area contributed by atoms with Gasteiger partial charge < -0.3 is 15.2 Å². The Labute approximate surface area is 113 Å². The molecule has 0 atom stereocenters. The van der Waals surface area contributed by atoms with Crippen LogP contribution in [-0.2, 0) is 0 Å². The molecule has 0 unspecified atom stereocenters. The fourth-order valence-corrected chi connectivity index (χ4v) is 2.35. The molecule has 1 saturated heterocycles. The molecule has 18 heavy (non-hydrogen) atoms. The number of hydrogen-bond donors (Lipinski definition) is 2. The van der Waals surface area contributed by atoms with Gasteiger partial charge in [0, 0.05) is 5.02 Å². The van der Waals surface area contributed by atoms with Crippen LogP contribution in [0.3, 0.4) is 0 Å². The molecular formula is C14H20ClNO2. The van der Waals surface area contributed by atoms with Crippen LogP contribution in [0.5, 0.6) is 5.75 Å². The van der Waals surface area contributed by atoms with Crippen molar-refractivity contribution in [2.24, 2.45) is 0 Å². The van der Waals surface area contributed by atoms with E-state index in [-0.39, 0.29) is 0 Å². The summed E-state index contributed by atoms with van der Waals surface area (Å²) in [4.78, 5) is 0. The zero-order chi connectivity index (χ0) is 13.2. The van der Waals surface area contributed by atoms with Crippen molar-refractivity contribution in [2.45, 2.75) is 32.3 Å². The van der Waals surface area contributed by atoms with Gasteiger partial charge in [-0.2, -0.15) is 0 Å². The van der Waals surface area contributed by atoms with E-state index >= 15 is 0 Å². The van der Waals surface area contributed by atoms with Gasteiger partial charge >= 0.3 is 0 Å². The molecule has 1 aromatic carbocycles. The van der Waals surface area contributed by atoms with Gasteiger partial charge in [-0.25, -0.2) is 0 Å². The average molecular weight is 270 g/mol. The molecular weight excluding hydrogens is 250 g/mol. The van der Waals surface area contributed by atoms with Crippen LogP contribution in [0.15, 0.2) is 12.1 Å². The molecule has 0 saturated carbocycles. The van der Waals surface area contributed by atoms with E-state index in [1.54, 1.807) is 0 Å². The predicted octanol–water partition coefficient (Wildman–Crippen LogP) is 2.45. The summed E-state index contributed by atoms with van der Waals surface area (Å²) in [6, 6.07) is 3.83. The second-order valence-electron chi connectivity index (χ2n) is 5.13. The zero-order valence-electron chi connectivity index (χ0n) is 10.9. The molecule has 0 amide bonds. The summed E-state index contributed by atoms with van der Waals surface area (Å²) >= 11 is 6.11. The number of rotatable bonds is 3. The second kappa shape index (κ2) is 5.47. The van der Waals surface area contributed by atoms with Crippen molar-refractivity contribution in [2.75, 3.05) is 19.7 Å². The maximum Gasteiger partial charge on any atom is 0.120 e. The third-order valence-electron chi connectivity index (χ3n) is 3.45. The minimum Gasteiger partial charge on any atom is -0.491 e. The van der Waals surface area contributed by atoms with Crippen molar-refractivity contribution in [3.05, 3.63) is 28.3 Å². The van der Waals surface area contributed by atoms with E-state index in [1.165, 1.54) is 0 Å². The van der Waals surface area contributed by atoms with E-state index < -0.39 is 5.60 Å². The van der Waals surface area contributed by atoms with E-state index in [0.29, 0.717) is 6.61 Å². The Morgan fingerprint density at radius 1 is 1.28 bits per heavy atom. The Bertz CT molecular complexity index is 405. The molecule has 100 valence electrons. The minimum atomic E-state index is -0.702. The lowest BCUT2D eigenvalue weighted by Crippen LogP contribution is -2.45. The smallest absolute Gasteiger partial charge is 0.120 e. The minimum absolute atomic E-state index is 0.342. The van der Waals surface area contributed by atoms with Gasteiger partial charge in [-0.05, 0) is 63.0 Å². The summed E-state index contributed by atoms with van der Waals surface area (Å²) < 4.78 is 5.73. The molecule has 2 N–H and O–H groups in total. The topological polar surface area (TPSA) is 41.5 Å². The lowest BCUT2D eigenvalue weighted by Gasteiger charge is -2.32. The zero-order valence-corrected chi connectivity index (χ0v) is 11.7. The van der Waals surface area contributed by atoms with Gasteiger partial charge in [0.05, 0.1) is 0 Å². The summed E-state index contributed by atoms with van der Waals surface area (Å²) in [5, 5.41) is 14.3. The molecule has 0 radical (unpaired) electrons. The van der Waals surface area contributed by atoms with Gasteiger partial charge in [0.15, 0.2) is 0 Å². The number of benzene rings is 1. The summed E-state index contributed by atoms with van der Waals surface area (Å²) in [5.41, 5.74) is 1.31. The summed E-state index contributed by atoms with van der Waals surface area (Å²) in [5.74, 6) is 0.779. The highest BCUT2D eigenvalue weighted by molar-refractivity contribution is 6.32. The number of piperidine rings is 1. The van der Waals surface area contributed by atoms with Crippen molar-refractivity contribution >= 4 is 11.6 Å². The third-order valence-corrected chi connectivity index (χ3v) is 4.05. The van der Waals surface area contributed by atoms with Crippen molar-refractivity contribution in [3.8, 4) is 5.75 Å². The first kappa shape index (κ1) is 13.7. The SMILES string of the molecule is Cc1cc(OCC2(O)CCNCC2)cc(C)c1Cl. The van der Waals surface area contributed by atoms with Crippen LogP contribution in [0.25, 0.3) is 0 Å². The molecule has 1 aliphatic heterocycles. The first-order chi connectivity index (χ1) is 8.50. The monoisotopic (exact) mass is 269 g/mol. The Morgan fingerprint density at radius 2 is 1.83 bits per heavy atom. The molecule has 0 spiro atoms. The van der Waals surface area contributed by atoms with E-state index in [0.717, 1.165) is 47.8 Å². The van der Waals surface area contributed by atoms with Gasteiger partial charge in [0.1, 0.15) is 18.0 Å². The summed E-state index contributed by atoms with van der Waals surface area (Å²) in [6.45, 7) is 5.95. The quantitative estimate of drug-likeness (QED) is 0.886. The molecule has 1 heterocycles. The Balaban J connectivity index is 2.01. The van der Waals surface area contributed by atoms with Gasteiger partial charge in [0.25, 0.3) is 0 Å². The van der Waals surface area contributed by atoms with Gasteiger partial charge in [-0.3, -0.25) is 0 Å². The maximum absolute atomic E-state index is 10.3. The molecule has 0 bridgehead atoms. The molecule has 2 rings (SSSR count). The number of hydrogen-bond acceptors (Lipinski definition) is 3. The number of aryl methyl sites for hydroxylation is 2. The highest BCUT2D eigenvalue weighted by Crippen LogP contribution is 2.27. The summed E-state index contributed by atoms with van der Waals surface area (Å²) in [6.07, 6.45) is 1.47. The van der Waals surface area contributed by atoms with Crippen LogP contribution in [0.4, 0.5) is 0 Å². The molecule has 4 heteroatoms. The lowest BCUT2D eigenvalue weighted by molar-refractivity contribution is -0.0286. The fraction of sp³-hybridized carbons (Fsp3) is 0.571. The van der Waals surface area contributed by atoms with Crippen LogP contribution >= 0.6 is 11.6 Å². The van der Waals surface area contributed by atoms with Gasteiger partial charge in [0.2, 0.25) is 0 Å². The van der Waals surface area contributed by atoms with Gasteiger partial charge in [-0.1, -0.05) is 11.6 Å². The average Bonchev–Trinajstić information content (AvgIpc) is 2.34. The van der Waals surface area contributed by atoms with E-state index in [4.69, 9.17) is 16.3 Å². The Kier molecular flexibility index (Phi) is 4.15. The van der Waals surface area contributed by atoms with Crippen LogP contribution < -0.4 is 10.1 Å². The number of nitrogens with one attached hydrogen (secondary N) is 1. The first-order valence-corrected chi connectivity index (χ1v) is 6.71. The van der Waals surface area contributed by atoms with Crippen molar-refractivity contribution in [1.29, 1.82) is 0 Å². The van der Waals surface area contributed by atoms with Crippen molar-refractivity contribution in [1.82, 2.24) is 5.32 Å². The van der Waals surface area contributed by atoms with E-state index in [1.807, 2.05) is 26.0 Å². The Hall–Kier alpha value is -0.770. The predicted molar refractivity (Wildman–Crippen MR) is 73.5 cm³/mol. The third kappa shape index (κ3) is 3.16. The molecule has 1 aliphatic rings. The first-order valence-electron chi connectivity index (χ1n) is 6.33. The fourth-order valence-electron chi connectivity index (χ4n) is 2.24. The lowest BCUT2D eigenvalue weighted by atomic mass is 9.93. The van der Waals surface area contributed by atoms with Crippen LogP contribution in [0.1, 0.15) is 24.0 Å². The normalized spacial score (nSPS) is 18.7. The van der Waals surface area contributed by atoms with E-state index in [9.17, 15) is 5.11 Å².